The zero-order valence-electron chi connectivity index (χ0n) is 11.5. The Morgan fingerprint density at radius 2 is 2.05 bits per heavy atom. The van der Waals surface area contributed by atoms with Gasteiger partial charge < -0.3 is 14.0 Å². The van der Waals surface area contributed by atoms with Gasteiger partial charge in [0.2, 0.25) is 0 Å². The standard InChI is InChI=1S/C13H14N4O3/c1-8-10(7-15-17-14)13(16-20-8)9-4-5-11(18-2)12(6-9)19-3/h4-6H,7H2,1-3H3. The maximum atomic E-state index is 8.44. The fraction of sp³-hybridized carbons (Fsp3) is 0.308. The van der Waals surface area contributed by atoms with Gasteiger partial charge >= 0.3 is 0 Å². The molecule has 0 spiro atoms. The molecule has 0 N–H and O–H groups in total. The Bertz CT molecular complexity index is 660. The lowest BCUT2D eigenvalue weighted by Crippen LogP contribution is -1.92. The van der Waals surface area contributed by atoms with Crippen molar-refractivity contribution in [3.8, 4) is 22.8 Å². The van der Waals surface area contributed by atoms with Gasteiger partial charge in [0.15, 0.2) is 11.5 Å². The largest absolute Gasteiger partial charge is 0.493 e. The van der Waals surface area contributed by atoms with Crippen LogP contribution in [0.3, 0.4) is 0 Å². The molecule has 0 saturated carbocycles. The number of rotatable bonds is 5. The van der Waals surface area contributed by atoms with Crippen LogP contribution in [0.5, 0.6) is 11.5 Å². The van der Waals surface area contributed by atoms with Crippen molar-refractivity contribution in [2.45, 2.75) is 13.5 Å². The maximum absolute atomic E-state index is 8.44. The summed E-state index contributed by atoms with van der Waals surface area (Å²) in [6.45, 7) is 1.97. The van der Waals surface area contributed by atoms with E-state index < -0.39 is 0 Å². The number of aromatic nitrogens is 1. The van der Waals surface area contributed by atoms with Crippen molar-refractivity contribution in [3.63, 3.8) is 0 Å². The van der Waals surface area contributed by atoms with Gasteiger partial charge in [-0.15, -0.1) is 0 Å². The van der Waals surface area contributed by atoms with Crippen molar-refractivity contribution in [1.82, 2.24) is 5.16 Å². The van der Waals surface area contributed by atoms with E-state index in [0.29, 0.717) is 23.0 Å². The van der Waals surface area contributed by atoms with Crippen molar-refractivity contribution in [1.29, 1.82) is 0 Å². The van der Waals surface area contributed by atoms with Crippen molar-refractivity contribution >= 4 is 0 Å². The number of methoxy groups -OCH3 is 2. The quantitative estimate of drug-likeness (QED) is 0.474. The van der Waals surface area contributed by atoms with Crippen LogP contribution in [0.4, 0.5) is 0 Å². The number of azide groups is 1. The molecule has 0 aliphatic heterocycles. The minimum atomic E-state index is 0.190. The number of benzene rings is 1. The third-order valence-corrected chi connectivity index (χ3v) is 2.93. The van der Waals surface area contributed by atoms with Crippen LogP contribution >= 0.6 is 0 Å². The van der Waals surface area contributed by atoms with E-state index >= 15 is 0 Å². The SMILES string of the molecule is COc1ccc(-c2noc(C)c2CN=[N+]=[N-])cc1OC. The molecule has 0 aliphatic rings. The molecule has 7 heteroatoms. The predicted molar refractivity (Wildman–Crippen MR) is 72.6 cm³/mol. The second-order valence-corrected chi connectivity index (χ2v) is 4.02. The Balaban J connectivity index is 2.48. The summed E-state index contributed by atoms with van der Waals surface area (Å²) < 4.78 is 15.6. The average Bonchev–Trinajstić information content (AvgIpc) is 2.85. The van der Waals surface area contributed by atoms with Crippen LogP contribution in [0.1, 0.15) is 11.3 Å². The number of hydrogen-bond acceptors (Lipinski definition) is 5. The van der Waals surface area contributed by atoms with E-state index in [9.17, 15) is 0 Å². The third kappa shape index (κ3) is 2.53. The molecule has 20 heavy (non-hydrogen) atoms. The molecular formula is C13H14N4O3. The highest BCUT2D eigenvalue weighted by Crippen LogP contribution is 2.34. The zero-order chi connectivity index (χ0) is 14.5. The summed E-state index contributed by atoms with van der Waals surface area (Å²) in [5, 5.41) is 7.58. The van der Waals surface area contributed by atoms with Crippen LogP contribution in [0.15, 0.2) is 27.8 Å². The number of aryl methyl sites for hydroxylation is 1. The summed E-state index contributed by atoms with van der Waals surface area (Å²) in [6.07, 6.45) is 0. The number of nitrogens with zero attached hydrogens (tertiary/aromatic N) is 4. The van der Waals surface area contributed by atoms with Crippen LogP contribution in [0, 0.1) is 6.92 Å². The topological polar surface area (TPSA) is 93.3 Å². The first-order valence-electron chi connectivity index (χ1n) is 5.89. The molecule has 0 fully saturated rings. The summed E-state index contributed by atoms with van der Waals surface area (Å²) >= 11 is 0. The van der Waals surface area contributed by atoms with Crippen molar-refractivity contribution in [3.05, 3.63) is 40.0 Å². The normalized spacial score (nSPS) is 9.95. The van der Waals surface area contributed by atoms with Crippen LogP contribution in [0.2, 0.25) is 0 Å². The first kappa shape index (κ1) is 13.8. The van der Waals surface area contributed by atoms with Crippen LogP contribution in [0.25, 0.3) is 21.7 Å². The molecule has 7 nitrogen and oxygen atoms in total. The minimum absolute atomic E-state index is 0.190. The Kier molecular flexibility index (Phi) is 4.12. The van der Waals surface area contributed by atoms with Crippen LogP contribution in [-0.2, 0) is 6.54 Å². The highest BCUT2D eigenvalue weighted by molar-refractivity contribution is 5.67. The average molecular weight is 274 g/mol. The van der Waals surface area contributed by atoms with Gasteiger partial charge in [-0.3, -0.25) is 0 Å². The summed E-state index contributed by atoms with van der Waals surface area (Å²) in [5.41, 5.74) is 10.6. The van der Waals surface area contributed by atoms with E-state index in [0.717, 1.165) is 11.1 Å². The first-order valence-corrected chi connectivity index (χ1v) is 5.89. The van der Waals surface area contributed by atoms with Gasteiger partial charge in [-0.2, -0.15) is 0 Å². The van der Waals surface area contributed by atoms with E-state index in [2.05, 4.69) is 15.2 Å². The molecule has 104 valence electrons. The van der Waals surface area contributed by atoms with E-state index in [1.807, 2.05) is 6.07 Å². The fourth-order valence-corrected chi connectivity index (χ4v) is 1.89. The maximum Gasteiger partial charge on any atom is 0.161 e. The Labute approximate surface area is 115 Å². The molecule has 0 aliphatic carbocycles. The lowest BCUT2D eigenvalue weighted by molar-refractivity contribution is 0.355. The lowest BCUT2D eigenvalue weighted by Gasteiger charge is -2.08. The molecule has 0 atom stereocenters. The summed E-state index contributed by atoms with van der Waals surface area (Å²) in [4.78, 5) is 2.76. The van der Waals surface area contributed by atoms with E-state index in [1.54, 1.807) is 33.3 Å². The monoisotopic (exact) mass is 274 g/mol. The molecule has 0 unspecified atom stereocenters. The van der Waals surface area contributed by atoms with Crippen molar-refractivity contribution < 1.29 is 14.0 Å². The zero-order valence-corrected chi connectivity index (χ0v) is 11.5. The molecule has 2 aromatic rings. The van der Waals surface area contributed by atoms with Crippen molar-refractivity contribution in [2.75, 3.05) is 14.2 Å². The Morgan fingerprint density at radius 3 is 2.70 bits per heavy atom. The first-order chi connectivity index (χ1) is 9.71. The second kappa shape index (κ2) is 5.99. The molecule has 0 amide bonds. The summed E-state index contributed by atoms with van der Waals surface area (Å²) in [6, 6.07) is 5.43. The van der Waals surface area contributed by atoms with Gasteiger partial charge in [-0.05, 0) is 30.7 Å². The summed E-state index contributed by atoms with van der Waals surface area (Å²) in [7, 11) is 3.14. The molecular weight excluding hydrogens is 260 g/mol. The van der Waals surface area contributed by atoms with E-state index in [4.69, 9.17) is 19.5 Å². The molecule has 1 aromatic carbocycles. The smallest absolute Gasteiger partial charge is 0.161 e. The van der Waals surface area contributed by atoms with Gasteiger partial charge in [0.05, 0.1) is 20.8 Å². The van der Waals surface area contributed by atoms with Crippen molar-refractivity contribution in [2.24, 2.45) is 5.11 Å². The van der Waals surface area contributed by atoms with Gasteiger partial charge in [0, 0.05) is 16.0 Å². The number of hydrogen-bond donors (Lipinski definition) is 0. The predicted octanol–water partition coefficient (Wildman–Crippen LogP) is 3.48. The van der Waals surface area contributed by atoms with Gasteiger partial charge in [0.1, 0.15) is 11.5 Å². The second-order valence-electron chi connectivity index (χ2n) is 4.02. The Morgan fingerprint density at radius 1 is 1.30 bits per heavy atom. The highest BCUT2D eigenvalue weighted by atomic mass is 16.5. The molecule has 1 aromatic heterocycles. The minimum Gasteiger partial charge on any atom is -0.493 e. The highest BCUT2D eigenvalue weighted by Gasteiger charge is 2.15. The molecule has 0 radical (unpaired) electrons. The van der Waals surface area contributed by atoms with Crippen LogP contribution in [-0.4, -0.2) is 19.4 Å². The molecule has 1 heterocycles. The summed E-state index contributed by atoms with van der Waals surface area (Å²) in [5.74, 6) is 1.86. The van der Waals surface area contributed by atoms with Crippen LogP contribution < -0.4 is 9.47 Å². The molecule has 2 rings (SSSR count). The molecule has 0 bridgehead atoms. The van der Waals surface area contributed by atoms with Gasteiger partial charge in [-0.1, -0.05) is 10.3 Å². The molecule has 0 saturated heterocycles. The van der Waals surface area contributed by atoms with Gasteiger partial charge in [0.25, 0.3) is 0 Å². The van der Waals surface area contributed by atoms with Gasteiger partial charge in [-0.25, -0.2) is 0 Å². The third-order valence-electron chi connectivity index (χ3n) is 2.93. The lowest BCUT2D eigenvalue weighted by atomic mass is 10.1. The van der Waals surface area contributed by atoms with E-state index in [1.165, 1.54) is 0 Å². The number of ether oxygens (including phenoxy) is 2. The fourth-order valence-electron chi connectivity index (χ4n) is 1.89. The van der Waals surface area contributed by atoms with E-state index in [-0.39, 0.29) is 6.54 Å². The Hall–Kier alpha value is -2.66.